The Bertz CT molecular complexity index is 216. The second-order valence-electron chi connectivity index (χ2n) is 7.06. The van der Waals surface area contributed by atoms with Crippen LogP contribution in [0, 0.1) is 13.8 Å². The fourth-order valence-corrected chi connectivity index (χ4v) is 3.09. The quantitative estimate of drug-likeness (QED) is 0.165. The van der Waals surface area contributed by atoms with Gasteiger partial charge < -0.3 is 0 Å². The molecule has 136 valence electrons. The van der Waals surface area contributed by atoms with Crippen LogP contribution in [0.1, 0.15) is 122 Å². The molecule has 0 unspecified atom stereocenters. The Morgan fingerprint density at radius 2 is 0.696 bits per heavy atom. The first-order chi connectivity index (χ1) is 11.4. The summed E-state index contributed by atoms with van der Waals surface area (Å²) in [6.07, 6.45) is 30.8. The maximum atomic E-state index is 3.90. The molecule has 0 bridgehead atoms. The van der Waals surface area contributed by atoms with Crippen LogP contribution in [-0.4, -0.2) is 0 Å². The van der Waals surface area contributed by atoms with Gasteiger partial charge in [-0.25, -0.2) is 0 Å². The molecule has 0 rings (SSSR count). The molecule has 2 radical (unpaired) electrons. The van der Waals surface area contributed by atoms with Crippen molar-refractivity contribution in [2.45, 2.75) is 122 Å². The van der Waals surface area contributed by atoms with E-state index in [9.17, 15) is 0 Å². The molecular weight excluding hydrogens is 276 g/mol. The molecule has 0 aromatic rings. The van der Waals surface area contributed by atoms with Gasteiger partial charge in [-0.1, -0.05) is 122 Å². The largest absolute Gasteiger partial charge is 0.0885 e. The van der Waals surface area contributed by atoms with Gasteiger partial charge in [0.2, 0.25) is 0 Å². The van der Waals surface area contributed by atoms with E-state index in [1.165, 1.54) is 103 Å². The lowest BCUT2D eigenvalue weighted by Gasteiger charge is -2.03. The van der Waals surface area contributed by atoms with Crippen molar-refractivity contribution in [2.24, 2.45) is 0 Å². The minimum Gasteiger partial charge on any atom is -0.0885 e. The first-order valence-corrected chi connectivity index (χ1v) is 10.6. The van der Waals surface area contributed by atoms with E-state index >= 15 is 0 Å². The van der Waals surface area contributed by atoms with Crippen LogP contribution in [0.2, 0.25) is 0 Å². The molecule has 0 nitrogen and oxygen atoms in total. The molecule has 0 aliphatic carbocycles. The third-order valence-electron chi connectivity index (χ3n) is 4.66. The Balaban J connectivity index is 2.97. The van der Waals surface area contributed by atoms with Crippen molar-refractivity contribution in [3.05, 3.63) is 26.0 Å². The number of rotatable bonds is 19. The fourth-order valence-electron chi connectivity index (χ4n) is 3.09. The third-order valence-corrected chi connectivity index (χ3v) is 4.66. The third kappa shape index (κ3) is 21.7. The van der Waals surface area contributed by atoms with Crippen molar-refractivity contribution < 1.29 is 0 Å². The van der Waals surface area contributed by atoms with E-state index in [-0.39, 0.29) is 0 Å². The molecule has 0 heteroatoms. The van der Waals surface area contributed by atoms with Crippen molar-refractivity contribution in [3.8, 4) is 0 Å². The van der Waals surface area contributed by atoms with Gasteiger partial charge in [0.1, 0.15) is 0 Å². The second-order valence-corrected chi connectivity index (χ2v) is 7.06. The normalized spacial score (nSPS) is 11.6. The van der Waals surface area contributed by atoms with Crippen molar-refractivity contribution in [2.75, 3.05) is 0 Å². The van der Waals surface area contributed by atoms with Gasteiger partial charge in [-0.3, -0.25) is 0 Å². The molecule has 0 aromatic carbocycles. The summed E-state index contributed by atoms with van der Waals surface area (Å²) in [6, 6.07) is 0. The molecule has 0 saturated heterocycles. The van der Waals surface area contributed by atoms with Gasteiger partial charge in [0.15, 0.2) is 0 Å². The van der Waals surface area contributed by atoms with Gasteiger partial charge in [0, 0.05) is 0 Å². The molecular formula is C23H44. The van der Waals surface area contributed by atoms with E-state index in [1.54, 1.807) is 0 Å². The van der Waals surface area contributed by atoms with Crippen LogP contribution in [0.25, 0.3) is 0 Å². The second kappa shape index (κ2) is 21.7. The van der Waals surface area contributed by atoms with Crippen LogP contribution >= 0.6 is 0 Å². The van der Waals surface area contributed by atoms with Crippen LogP contribution < -0.4 is 0 Å². The van der Waals surface area contributed by atoms with Crippen molar-refractivity contribution in [1.82, 2.24) is 0 Å². The van der Waals surface area contributed by atoms with Crippen molar-refractivity contribution in [3.63, 3.8) is 0 Å². The van der Waals surface area contributed by atoms with Crippen LogP contribution in [0.4, 0.5) is 0 Å². The van der Waals surface area contributed by atoms with Gasteiger partial charge in [-0.05, 0) is 25.7 Å². The molecule has 0 aliphatic heterocycles. The number of allylic oxidation sites excluding steroid dienone is 2. The van der Waals surface area contributed by atoms with Crippen molar-refractivity contribution in [1.29, 1.82) is 0 Å². The molecule has 0 fully saturated rings. The van der Waals surface area contributed by atoms with Gasteiger partial charge in [0.25, 0.3) is 0 Å². The average molecular weight is 321 g/mol. The summed E-state index contributed by atoms with van der Waals surface area (Å²) >= 11 is 0. The molecule has 0 spiro atoms. The summed E-state index contributed by atoms with van der Waals surface area (Å²) in [5.74, 6) is 0. The Hall–Kier alpha value is -0.260. The standard InChI is InChI=1S/C23H44/c1-3-5-7-9-11-13-15-17-19-21-23-22-20-18-16-14-12-10-8-6-4-2/h7,9H,1-6,8,10-23H2. The van der Waals surface area contributed by atoms with Gasteiger partial charge in [0.05, 0.1) is 0 Å². The average Bonchev–Trinajstić information content (AvgIpc) is 2.57. The minimum absolute atomic E-state index is 1.04. The predicted molar refractivity (Wildman–Crippen MR) is 108 cm³/mol. The van der Waals surface area contributed by atoms with E-state index in [0.717, 1.165) is 19.3 Å². The Morgan fingerprint density at radius 1 is 0.348 bits per heavy atom. The van der Waals surface area contributed by atoms with Gasteiger partial charge in [-0.15, -0.1) is 0 Å². The Labute approximate surface area is 148 Å². The lowest BCUT2D eigenvalue weighted by Crippen LogP contribution is -1.83. The summed E-state index contributed by atoms with van der Waals surface area (Å²) in [5.41, 5.74) is 0. The Morgan fingerprint density at radius 3 is 1.09 bits per heavy atom. The zero-order chi connectivity index (χ0) is 16.8. The van der Waals surface area contributed by atoms with E-state index < -0.39 is 0 Å². The highest BCUT2D eigenvalue weighted by atomic mass is 14.0. The number of hydrogen-bond donors (Lipinski definition) is 0. The number of hydrogen-bond acceptors (Lipinski definition) is 0. The minimum atomic E-state index is 1.04. The van der Waals surface area contributed by atoms with E-state index in [1.807, 2.05) is 0 Å². The van der Waals surface area contributed by atoms with Crippen LogP contribution in [0.15, 0.2) is 12.2 Å². The molecule has 0 aromatic heterocycles. The molecule has 23 heavy (non-hydrogen) atoms. The maximum absolute atomic E-state index is 3.90. The van der Waals surface area contributed by atoms with E-state index in [0.29, 0.717) is 0 Å². The van der Waals surface area contributed by atoms with Crippen LogP contribution in [0.3, 0.4) is 0 Å². The summed E-state index contributed by atoms with van der Waals surface area (Å²) in [6.45, 7) is 7.75. The highest BCUT2D eigenvalue weighted by Gasteiger charge is 1.94. The zero-order valence-corrected chi connectivity index (χ0v) is 16.0. The lowest BCUT2D eigenvalue weighted by molar-refractivity contribution is 0.531. The highest BCUT2D eigenvalue weighted by molar-refractivity contribution is 4.81. The lowest BCUT2D eigenvalue weighted by atomic mass is 10.0. The van der Waals surface area contributed by atoms with Crippen LogP contribution in [-0.2, 0) is 0 Å². The molecule has 0 aliphatic rings. The predicted octanol–water partition coefficient (Wildman–Crippen LogP) is 8.62. The zero-order valence-electron chi connectivity index (χ0n) is 16.0. The SMILES string of the molecule is [CH2]CCC=CCCCCCCCCCCCCCCCCC[CH2]. The summed E-state index contributed by atoms with van der Waals surface area (Å²) in [4.78, 5) is 0. The first-order valence-electron chi connectivity index (χ1n) is 10.6. The van der Waals surface area contributed by atoms with Gasteiger partial charge >= 0.3 is 0 Å². The maximum Gasteiger partial charge on any atom is -0.0351 e. The monoisotopic (exact) mass is 320 g/mol. The van der Waals surface area contributed by atoms with Gasteiger partial charge in [-0.2, -0.15) is 0 Å². The van der Waals surface area contributed by atoms with Crippen molar-refractivity contribution >= 4 is 0 Å². The summed E-state index contributed by atoms with van der Waals surface area (Å²) in [7, 11) is 0. The fraction of sp³-hybridized carbons (Fsp3) is 0.826. The summed E-state index contributed by atoms with van der Waals surface area (Å²) in [5, 5.41) is 0. The number of unbranched alkanes of at least 4 members (excludes halogenated alkanes) is 17. The summed E-state index contributed by atoms with van der Waals surface area (Å²) < 4.78 is 0. The van der Waals surface area contributed by atoms with Crippen LogP contribution in [0.5, 0.6) is 0 Å². The first kappa shape index (κ1) is 22.7. The highest BCUT2D eigenvalue weighted by Crippen LogP contribution is 2.14. The van der Waals surface area contributed by atoms with E-state index in [4.69, 9.17) is 0 Å². The molecule has 0 atom stereocenters. The Kier molecular flexibility index (Phi) is 21.5. The molecule has 0 amide bonds. The molecule has 0 heterocycles. The molecule has 0 N–H and O–H groups in total. The smallest absolute Gasteiger partial charge is 0.0351 e. The molecule has 0 saturated carbocycles. The van der Waals surface area contributed by atoms with E-state index in [2.05, 4.69) is 26.0 Å². The topological polar surface area (TPSA) is 0 Å².